The molecular formula is C28H26AsClFN5O2S. The van der Waals surface area contributed by atoms with Crippen LogP contribution in [0.3, 0.4) is 0 Å². The summed E-state index contributed by atoms with van der Waals surface area (Å²) in [7, 11) is 0. The molecule has 1 saturated heterocycles. The zero-order chi connectivity index (χ0) is 27.5. The van der Waals surface area contributed by atoms with Gasteiger partial charge in [-0.05, 0) is 13.0 Å². The molecule has 1 unspecified atom stereocenters. The number of nitrogens with zero attached hydrogens (tertiary/aromatic N) is 5. The molecule has 2 aliphatic rings. The van der Waals surface area contributed by atoms with Crippen LogP contribution in [-0.2, 0) is 4.20 Å². The minimum atomic E-state index is -0.482. The quantitative estimate of drug-likeness (QED) is 0.287. The average molecular weight is 626 g/mol. The first-order chi connectivity index (χ1) is 18.6. The fourth-order valence-corrected chi connectivity index (χ4v) is 6.39. The number of aryl methyl sites for hydroxylation is 1. The predicted molar refractivity (Wildman–Crippen MR) is 151 cm³/mol. The van der Waals surface area contributed by atoms with E-state index in [-0.39, 0.29) is 33.1 Å². The molecule has 1 aromatic carbocycles. The molecule has 39 heavy (non-hydrogen) atoms. The molecule has 7 nitrogen and oxygen atoms in total. The van der Waals surface area contributed by atoms with Crippen LogP contribution in [0.1, 0.15) is 34.8 Å². The number of amides is 1. The van der Waals surface area contributed by atoms with Crippen molar-refractivity contribution in [1.29, 1.82) is 0 Å². The number of carbonyl (C=O) groups excluding carboxylic acids is 1. The maximum atomic E-state index is 14.2. The van der Waals surface area contributed by atoms with Crippen LogP contribution in [0.5, 0.6) is 5.88 Å². The number of aromatic nitrogens is 4. The molecule has 2 fully saturated rings. The number of pyridine rings is 1. The summed E-state index contributed by atoms with van der Waals surface area (Å²) >= 11 is 8.80. The second-order valence-corrected chi connectivity index (χ2v) is 15.0. The Kier molecular flexibility index (Phi) is 6.72. The van der Waals surface area contributed by atoms with E-state index >= 15 is 0 Å². The molecular weight excluding hydrogens is 600 g/mol. The van der Waals surface area contributed by atoms with Gasteiger partial charge in [0.05, 0.1) is 0 Å². The van der Waals surface area contributed by atoms with E-state index in [9.17, 15) is 9.18 Å². The zero-order valence-corrected chi connectivity index (χ0v) is 25.6. The van der Waals surface area contributed by atoms with Crippen molar-refractivity contribution in [1.82, 2.24) is 24.8 Å². The van der Waals surface area contributed by atoms with E-state index in [0.717, 1.165) is 5.56 Å². The number of likely N-dealkylation sites (tertiary alicyclic amines) is 1. The molecule has 11 heteroatoms. The molecule has 0 radical (unpaired) electrons. The second-order valence-electron chi connectivity index (χ2n) is 10.6. The molecule has 6 rings (SSSR count). The molecule has 1 saturated carbocycles. The van der Waals surface area contributed by atoms with Gasteiger partial charge in [0.2, 0.25) is 0 Å². The van der Waals surface area contributed by atoms with E-state index in [2.05, 4.69) is 28.8 Å². The number of hydrogen-bond acceptors (Lipinski definition) is 7. The third kappa shape index (κ3) is 5.20. The molecule has 1 aliphatic carbocycles. The van der Waals surface area contributed by atoms with E-state index in [1.165, 1.54) is 17.4 Å². The summed E-state index contributed by atoms with van der Waals surface area (Å²) in [5, 5.41) is 0.721. The Morgan fingerprint density at radius 2 is 1.87 bits per heavy atom. The van der Waals surface area contributed by atoms with Crippen molar-refractivity contribution >= 4 is 45.7 Å². The Balaban J connectivity index is 1.17. The van der Waals surface area contributed by atoms with Crippen molar-refractivity contribution in [2.24, 2.45) is 11.8 Å². The van der Waals surface area contributed by atoms with Crippen molar-refractivity contribution in [2.45, 2.75) is 31.1 Å². The molecule has 1 amide bonds. The summed E-state index contributed by atoms with van der Waals surface area (Å²) in [4.78, 5) is 33.6. The van der Waals surface area contributed by atoms with Crippen LogP contribution in [0.25, 0.3) is 22.1 Å². The Morgan fingerprint density at radius 1 is 1.15 bits per heavy atom. The first-order valence-corrected chi connectivity index (χ1v) is 15.0. The number of rotatable bonds is 6. The van der Waals surface area contributed by atoms with Crippen molar-refractivity contribution in [3.8, 4) is 28.0 Å². The van der Waals surface area contributed by atoms with Crippen LogP contribution in [0, 0.1) is 24.6 Å². The van der Waals surface area contributed by atoms with Gasteiger partial charge in [-0.15, -0.1) is 0 Å². The van der Waals surface area contributed by atoms with Gasteiger partial charge in [-0.25, -0.2) is 15.0 Å². The topological polar surface area (TPSA) is 81.1 Å². The van der Waals surface area contributed by atoms with Crippen molar-refractivity contribution < 1.29 is 13.9 Å². The van der Waals surface area contributed by atoms with Gasteiger partial charge in [-0.1, -0.05) is 0 Å². The van der Waals surface area contributed by atoms with E-state index in [0.29, 0.717) is 51.6 Å². The van der Waals surface area contributed by atoms with Crippen molar-refractivity contribution in [2.75, 3.05) is 13.1 Å². The van der Waals surface area contributed by atoms with Crippen LogP contribution in [-0.4, -0.2) is 66.8 Å². The predicted octanol–water partition coefficient (Wildman–Crippen LogP) is 4.78. The number of benzene rings is 1. The Labute approximate surface area is 243 Å². The van der Waals surface area contributed by atoms with Gasteiger partial charge in [-0.3, -0.25) is 0 Å². The fraction of sp³-hybridized carbons (Fsp3) is 0.321. The summed E-state index contributed by atoms with van der Waals surface area (Å²) in [6.45, 7) is 7.38. The van der Waals surface area contributed by atoms with Gasteiger partial charge in [-0.2, -0.15) is 0 Å². The van der Waals surface area contributed by atoms with Gasteiger partial charge in [0, 0.05) is 12.4 Å². The summed E-state index contributed by atoms with van der Waals surface area (Å²) < 4.78 is 20.5. The average Bonchev–Trinajstić information content (AvgIpc) is 3.22. The molecule has 4 atom stereocenters. The number of fused-ring (bicyclic) bond motifs is 1. The fourth-order valence-electron chi connectivity index (χ4n) is 4.94. The Bertz CT molecular complexity index is 1570. The summed E-state index contributed by atoms with van der Waals surface area (Å²) in [6, 6.07) is 10.4. The molecule has 4 aromatic rings. The molecule has 0 bridgehead atoms. The van der Waals surface area contributed by atoms with Crippen LogP contribution >= 0.6 is 22.9 Å². The molecule has 0 spiro atoms. The van der Waals surface area contributed by atoms with Gasteiger partial charge in [0.1, 0.15) is 0 Å². The zero-order valence-electron chi connectivity index (χ0n) is 21.6. The third-order valence-corrected chi connectivity index (χ3v) is 9.32. The monoisotopic (exact) mass is 625 g/mol. The van der Waals surface area contributed by atoms with Crippen molar-refractivity contribution in [3.63, 3.8) is 0 Å². The van der Waals surface area contributed by atoms with Gasteiger partial charge >= 0.3 is 193 Å². The number of carbonyl (C=O) groups is 1. The molecule has 4 heterocycles. The van der Waals surface area contributed by atoms with Crippen molar-refractivity contribution in [3.05, 3.63) is 75.8 Å². The van der Waals surface area contributed by atoms with Crippen LogP contribution in [0.4, 0.5) is 4.39 Å². The van der Waals surface area contributed by atoms with E-state index in [1.807, 2.05) is 24.0 Å². The van der Waals surface area contributed by atoms with Crippen LogP contribution < -0.4 is 4.74 Å². The summed E-state index contributed by atoms with van der Waals surface area (Å²) in [6.07, 6.45) is 3.32. The first kappa shape index (κ1) is 26.4. The normalized spacial score (nSPS) is 20.2. The summed E-state index contributed by atoms with van der Waals surface area (Å²) in [5.74, 6) is 1.05. The number of piperidine rings is 1. The first-order valence-electron chi connectivity index (χ1n) is 12.6. The van der Waals surface area contributed by atoms with E-state index < -0.39 is 5.82 Å². The Hall–Kier alpha value is -2.87. The van der Waals surface area contributed by atoms with E-state index in [4.69, 9.17) is 21.3 Å². The van der Waals surface area contributed by atoms with Gasteiger partial charge < -0.3 is 0 Å². The van der Waals surface area contributed by atoms with Gasteiger partial charge in [0.25, 0.3) is 0 Å². The molecule has 3 aromatic heterocycles. The molecule has 200 valence electrons. The number of hydrogen-bond donors (Lipinski definition) is 0. The standard InChI is InChI=1S/C28H26AsClFN5O2S/c1-14-24(39-26(34-14)25-32-7-4-8-33-25)27(37)36-12-17-18(13-36)23(17)38-22-11-16(28(2,3)29)10-21(35-22)15-5-6-19(30)20(31)9-15/h4-11,17-18,23H,12-13,29H2,1-3H3/t17-,18+,23-. The van der Waals surface area contributed by atoms with Crippen LogP contribution in [0.2, 0.25) is 5.02 Å². The number of halogens is 2. The van der Waals surface area contributed by atoms with Gasteiger partial charge in [0.15, 0.2) is 10.8 Å². The third-order valence-electron chi connectivity index (χ3n) is 7.17. The molecule has 1 aliphatic heterocycles. The minimum absolute atomic E-state index is 0.00656. The second kappa shape index (κ2) is 9.95. The summed E-state index contributed by atoms with van der Waals surface area (Å²) in [5.41, 5.74) is 3.05. The number of ether oxygens (including phenoxy) is 1. The van der Waals surface area contributed by atoms with Crippen LogP contribution in [0.15, 0.2) is 48.8 Å². The Morgan fingerprint density at radius 3 is 2.54 bits per heavy atom. The SMILES string of the molecule is Cc1nc(-c2ncccn2)sc1C(=O)N1C[C@@H]2[C@H](C1)[C@@H]2Oc1cc(C(C)(C)[AsH2])cc(-c2ccc(Cl)c(F)c2)n1. The maximum absolute atomic E-state index is 14.2. The van der Waals surface area contributed by atoms with E-state index in [1.54, 1.807) is 47.4 Å². The number of thiazole rings is 1. The molecule has 0 N–H and O–H groups in total.